The number of furan rings is 1. The topological polar surface area (TPSA) is 112 Å². The monoisotopic (exact) mass is 456 g/mol. The van der Waals surface area contributed by atoms with Crippen LogP contribution in [-0.2, 0) is 6.42 Å². The number of unbranched alkanes of at least 4 members (excludes halogenated alkanes) is 2. The number of hydrogen-bond donors (Lipinski definition) is 3. The number of anilines is 2. The van der Waals surface area contributed by atoms with Crippen LogP contribution in [0.2, 0.25) is 0 Å². The van der Waals surface area contributed by atoms with Crippen LogP contribution in [0.5, 0.6) is 11.5 Å². The number of ether oxygens (including phenoxy) is 1. The van der Waals surface area contributed by atoms with E-state index in [0.717, 1.165) is 24.8 Å². The number of aryl methyl sites for hydroxylation is 1. The number of phenols is 1. The Morgan fingerprint density at radius 2 is 1.71 bits per heavy atom. The number of carbonyl (C=O) groups excluding carboxylic acids is 1. The molecule has 0 aliphatic carbocycles. The first-order chi connectivity index (χ1) is 16.4. The summed E-state index contributed by atoms with van der Waals surface area (Å²) in [6.07, 6.45) is 3.59. The van der Waals surface area contributed by atoms with Crippen LogP contribution in [0, 0.1) is 0 Å². The van der Waals surface area contributed by atoms with Crippen LogP contribution < -0.4 is 16.2 Å². The molecule has 0 radical (unpaired) electrons. The molecule has 0 aliphatic heterocycles. The van der Waals surface area contributed by atoms with Crippen molar-refractivity contribution >= 4 is 33.9 Å². The second kappa shape index (κ2) is 9.75. The van der Waals surface area contributed by atoms with E-state index in [-0.39, 0.29) is 22.9 Å². The minimum atomic E-state index is -0.258. The number of nitrogens with two attached hydrogens (primary N) is 2. The molecule has 0 saturated heterocycles. The fourth-order valence-corrected chi connectivity index (χ4v) is 3.93. The molecule has 0 bridgehead atoms. The molecule has 0 saturated carbocycles. The Morgan fingerprint density at radius 1 is 1.00 bits per heavy atom. The zero-order valence-corrected chi connectivity index (χ0v) is 19.1. The van der Waals surface area contributed by atoms with Crippen molar-refractivity contribution in [3.63, 3.8) is 0 Å². The number of nitrogen functional groups attached to an aromatic ring is 2. The van der Waals surface area contributed by atoms with Crippen molar-refractivity contribution in [1.29, 1.82) is 0 Å². The molecular formula is C28H28N2O4. The van der Waals surface area contributed by atoms with Crippen LogP contribution in [0.3, 0.4) is 0 Å². The lowest BCUT2D eigenvalue weighted by atomic mass is 9.97. The molecule has 4 rings (SSSR count). The number of fused-ring (bicyclic) bond motifs is 1. The third kappa shape index (κ3) is 4.62. The van der Waals surface area contributed by atoms with Gasteiger partial charge in [-0.05, 0) is 30.7 Å². The predicted molar refractivity (Wildman–Crippen MR) is 136 cm³/mol. The number of phenolic OH excluding ortho intramolecular Hbond substituents is 1. The van der Waals surface area contributed by atoms with E-state index < -0.39 is 0 Å². The van der Waals surface area contributed by atoms with Gasteiger partial charge in [-0.25, -0.2) is 0 Å². The lowest BCUT2D eigenvalue weighted by Crippen LogP contribution is -2.06. The Labute approximate surface area is 198 Å². The molecule has 0 fully saturated rings. The fourth-order valence-electron chi connectivity index (χ4n) is 3.93. The lowest BCUT2D eigenvalue weighted by molar-refractivity contribution is 0.103. The first-order valence-electron chi connectivity index (χ1n) is 11.3. The van der Waals surface area contributed by atoms with Gasteiger partial charge in [0.1, 0.15) is 22.9 Å². The maximum absolute atomic E-state index is 13.5. The minimum absolute atomic E-state index is 0.0544. The summed E-state index contributed by atoms with van der Waals surface area (Å²) in [5, 5.41) is 10.6. The largest absolute Gasteiger partial charge is 0.504 e. The van der Waals surface area contributed by atoms with Crippen molar-refractivity contribution in [3.05, 3.63) is 89.7 Å². The average Bonchev–Trinajstić information content (AvgIpc) is 3.19. The highest BCUT2D eigenvalue weighted by Gasteiger charge is 2.23. The Bertz CT molecular complexity index is 1330. The van der Waals surface area contributed by atoms with Crippen LogP contribution in [0.25, 0.3) is 16.7 Å². The van der Waals surface area contributed by atoms with E-state index >= 15 is 0 Å². The van der Waals surface area contributed by atoms with Gasteiger partial charge in [-0.1, -0.05) is 56.7 Å². The molecule has 1 aromatic heterocycles. The van der Waals surface area contributed by atoms with E-state index in [1.165, 1.54) is 12.1 Å². The number of carbonyl (C=O) groups is 1. The number of rotatable bonds is 9. The summed E-state index contributed by atoms with van der Waals surface area (Å²) in [6, 6.07) is 17.9. The van der Waals surface area contributed by atoms with E-state index in [9.17, 15) is 9.90 Å². The van der Waals surface area contributed by atoms with Gasteiger partial charge in [-0.3, -0.25) is 4.79 Å². The molecule has 0 aliphatic rings. The smallest absolute Gasteiger partial charge is 0.197 e. The average molecular weight is 457 g/mol. The normalized spacial score (nSPS) is 11.0. The van der Waals surface area contributed by atoms with Crippen molar-refractivity contribution in [2.75, 3.05) is 11.5 Å². The second-order valence-corrected chi connectivity index (χ2v) is 8.24. The first kappa shape index (κ1) is 23.0. The number of aromatic hydroxyl groups is 1. The molecule has 0 spiro atoms. The summed E-state index contributed by atoms with van der Waals surface area (Å²) in [6.45, 7) is 6.13. The minimum Gasteiger partial charge on any atom is -0.504 e. The molecule has 34 heavy (non-hydrogen) atoms. The molecule has 3 aromatic carbocycles. The van der Waals surface area contributed by atoms with Crippen molar-refractivity contribution in [2.24, 2.45) is 0 Å². The predicted octanol–water partition coefficient (Wildman–Crippen LogP) is 6.32. The zero-order valence-electron chi connectivity index (χ0n) is 19.1. The quantitative estimate of drug-likeness (QED) is 0.0894. The van der Waals surface area contributed by atoms with Gasteiger partial charge < -0.3 is 25.7 Å². The summed E-state index contributed by atoms with van der Waals surface area (Å²) in [7, 11) is 0. The van der Waals surface area contributed by atoms with Crippen molar-refractivity contribution in [2.45, 2.75) is 32.6 Å². The van der Waals surface area contributed by atoms with E-state index in [0.29, 0.717) is 45.8 Å². The molecule has 0 unspecified atom stereocenters. The summed E-state index contributed by atoms with van der Waals surface area (Å²) in [4.78, 5) is 13.5. The Balaban J connectivity index is 1.73. The standard InChI is InChI=1S/C28H28N2O4/c1-3-4-6-11-24-26(27(31)19-14-22(29)28(32)23(30)15-19)21-13-12-20(16-25(21)34-24)33-17(2)18-9-7-5-8-10-18/h5,7-10,12-16,32H,2-4,6,11,29-30H2,1H3. The van der Waals surface area contributed by atoms with Crippen LogP contribution >= 0.6 is 0 Å². The molecule has 4 aromatic rings. The highest BCUT2D eigenvalue weighted by atomic mass is 16.5. The molecule has 0 atom stereocenters. The lowest BCUT2D eigenvalue weighted by Gasteiger charge is -2.09. The van der Waals surface area contributed by atoms with Crippen LogP contribution in [-0.4, -0.2) is 10.9 Å². The second-order valence-electron chi connectivity index (χ2n) is 8.24. The fraction of sp³-hybridized carbons (Fsp3) is 0.179. The maximum Gasteiger partial charge on any atom is 0.197 e. The molecule has 6 heteroatoms. The molecular weight excluding hydrogens is 428 g/mol. The Kier molecular flexibility index (Phi) is 6.59. The van der Waals surface area contributed by atoms with Crippen LogP contribution in [0.1, 0.15) is 53.4 Å². The van der Waals surface area contributed by atoms with Gasteiger partial charge in [0.15, 0.2) is 11.5 Å². The zero-order chi connectivity index (χ0) is 24.2. The molecule has 5 N–H and O–H groups in total. The number of hydrogen-bond acceptors (Lipinski definition) is 6. The first-order valence-corrected chi connectivity index (χ1v) is 11.3. The van der Waals surface area contributed by atoms with Gasteiger partial charge in [0.05, 0.1) is 16.9 Å². The highest BCUT2D eigenvalue weighted by molar-refractivity contribution is 6.17. The maximum atomic E-state index is 13.5. The van der Waals surface area contributed by atoms with Gasteiger partial charge in [0, 0.05) is 29.0 Å². The summed E-state index contributed by atoms with van der Waals surface area (Å²) < 4.78 is 12.1. The van der Waals surface area contributed by atoms with Crippen molar-refractivity contribution < 1.29 is 19.1 Å². The number of ketones is 1. The summed E-state index contributed by atoms with van der Waals surface area (Å²) >= 11 is 0. The van der Waals surface area contributed by atoms with Gasteiger partial charge in [-0.2, -0.15) is 0 Å². The van der Waals surface area contributed by atoms with Gasteiger partial charge >= 0.3 is 0 Å². The molecule has 0 amide bonds. The van der Waals surface area contributed by atoms with Gasteiger partial charge in [0.25, 0.3) is 0 Å². The molecule has 1 heterocycles. The van der Waals surface area contributed by atoms with Crippen molar-refractivity contribution in [1.82, 2.24) is 0 Å². The molecule has 174 valence electrons. The van der Waals surface area contributed by atoms with E-state index in [2.05, 4.69) is 13.5 Å². The van der Waals surface area contributed by atoms with E-state index in [4.69, 9.17) is 20.6 Å². The molecule has 6 nitrogen and oxygen atoms in total. The SMILES string of the molecule is C=C(Oc1ccc2c(C(=O)c3cc(N)c(O)c(N)c3)c(CCCCC)oc2c1)c1ccccc1. The Morgan fingerprint density at radius 3 is 2.38 bits per heavy atom. The third-order valence-electron chi connectivity index (χ3n) is 5.74. The highest BCUT2D eigenvalue weighted by Crippen LogP contribution is 2.35. The summed E-state index contributed by atoms with van der Waals surface area (Å²) in [5.41, 5.74) is 14.0. The van der Waals surface area contributed by atoms with Gasteiger partial charge in [0.2, 0.25) is 0 Å². The van der Waals surface area contributed by atoms with E-state index in [1.54, 1.807) is 12.1 Å². The number of benzene rings is 3. The van der Waals surface area contributed by atoms with Gasteiger partial charge in [-0.15, -0.1) is 0 Å². The Hall–Kier alpha value is -4.19. The van der Waals surface area contributed by atoms with Crippen LogP contribution in [0.4, 0.5) is 11.4 Å². The van der Waals surface area contributed by atoms with Crippen LogP contribution in [0.15, 0.2) is 71.7 Å². The van der Waals surface area contributed by atoms with E-state index in [1.807, 2.05) is 36.4 Å². The summed E-state index contributed by atoms with van der Waals surface area (Å²) in [5.74, 6) is 1.20. The third-order valence-corrected chi connectivity index (χ3v) is 5.74. The van der Waals surface area contributed by atoms with Crippen molar-refractivity contribution in [3.8, 4) is 11.5 Å².